The highest BCUT2D eigenvalue weighted by atomic mass is 16.3. The molecule has 3 N–H and O–H groups in total. The van der Waals surface area contributed by atoms with Crippen LogP contribution in [0.25, 0.3) is 0 Å². The second-order valence-electron chi connectivity index (χ2n) is 14.8. The highest BCUT2D eigenvalue weighted by Gasteiger charge is 2.73. The smallest absolute Gasteiger partial charge is 0.145 e. The summed E-state index contributed by atoms with van der Waals surface area (Å²) in [4.78, 5) is 11.8. The van der Waals surface area contributed by atoms with Gasteiger partial charge in [0, 0.05) is 11.8 Å². The zero-order valence-electron chi connectivity index (χ0n) is 22.3. The first-order valence-electron chi connectivity index (χ1n) is 13.9. The number of aldehydes is 1. The van der Waals surface area contributed by atoms with Crippen LogP contribution >= 0.6 is 0 Å². The van der Waals surface area contributed by atoms with Crippen LogP contribution in [-0.4, -0.2) is 39.9 Å². The second kappa shape index (κ2) is 7.42. The number of hydrogen-bond acceptors (Lipinski definition) is 4. The van der Waals surface area contributed by atoms with Gasteiger partial charge in [-0.25, -0.2) is 0 Å². The maximum atomic E-state index is 12.0. The predicted octanol–water partition coefficient (Wildman–Crippen LogP) is 5.15. The number of aliphatic hydroxyl groups is 3. The van der Waals surface area contributed by atoms with Gasteiger partial charge in [0.1, 0.15) is 6.29 Å². The summed E-state index contributed by atoms with van der Waals surface area (Å²) in [5, 5.41) is 34.4. The van der Waals surface area contributed by atoms with E-state index in [0.29, 0.717) is 18.3 Å². The average Bonchev–Trinajstić information content (AvgIpc) is 3.11. The summed E-state index contributed by atoms with van der Waals surface area (Å²) >= 11 is 0. The van der Waals surface area contributed by atoms with Crippen LogP contribution in [0.15, 0.2) is 12.2 Å². The van der Waals surface area contributed by atoms with Crippen molar-refractivity contribution in [2.75, 3.05) is 0 Å². The van der Waals surface area contributed by atoms with Gasteiger partial charge in [0.2, 0.25) is 0 Å². The first kappa shape index (κ1) is 25.0. The number of allylic oxidation sites excluding steroid dienone is 1. The molecule has 4 nitrogen and oxygen atoms in total. The first-order valence-corrected chi connectivity index (χ1v) is 13.9. The lowest BCUT2D eigenvalue weighted by molar-refractivity contribution is -0.298. The van der Waals surface area contributed by atoms with Crippen LogP contribution in [0.4, 0.5) is 0 Å². The molecule has 0 saturated heterocycles. The molecule has 4 heteroatoms. The van der Waals surface area contributed by atoms with Crippen molar-refractivity contribution in [2.24, 2.45) is 56.7 Å². The van der Waals surface area contributed by atoms with Gasteiger partial charge in [-0.15, -0.1) is 0 Å². The van der Waals surface area contributed by atoms with Crippen LogP contribution < -0.4 is 0 Å². The van der Waals surface area contributed by atoms with Crippen molar-refractivity contribution >= 4 is 6.29 Å². The molecule has 0 aromatic rings. The molecule has 5 aliphatic rings. The minimum Gasteiger partial charge on any atom is -0.393 e. The molecule has 12 atom stereocenters. The van der Waals surface area contributed by atoms with Gasteiger partial charge in [-0.3, -0.25) is 4.79 Å². The monoisotopic (exact) mass is 472 g/mol. The Labute approximate surface area is 206 Å². The molecule has 12 unspecified atom stereocenters. The van der Waals surface area contributed by atoms with E-state index >= 15 is 0 Å². The number of carbonyl (C=O) groups excluding carboxylic acids is 1. The molecule has 5 saturated carbocycles. The molecule has 0 radical (unpaired) electrons. The molecule has 192 valence electrons. The minimum absolute atomic E-state index is 0.000238. The van der Waals surface area contributed by atoms with Crippen molar-refractivity contribution in [1.82, 2.24) is 0 Å². The molecule has 0 heterocycles. The van der Waals surface area contributed by atoms with Crippen molar-refractivity contribution in [1.29, 1.82) is 0 Å². The van der Waals surface area contributed by atoms with E-state index < -0.39 is 23.7 Å². The molecular weight excluding hydrogens is 424 g/mol. The summed E-state index contributed by atoms with van der Waals surface area (Å²) in [6.45, 7) is 18.0. The van der Waals surface area contributed by atoms with Crippen molar-refractivity contribution in [2.45, 2.75) is 111 Å². The fourth-order valence-corrected chi connectivity index (χ4v) is 11.4. The molecule has 5 fully saturated rings. The maximum absolute atomic E-state index is 12.0. The van der Waals surface area contributed by atoms with Gasteiger partial charge >= 0.3 is 0 Å². The summed E-state index contributed by atoms with van der Waals surface area (Å²) in [6, 6.07) is 0. The molecular formula is C30H48O4. The Balaban J connectivity index is 1.61. The first-order chi connectivity index (χ1) is 15.7. The third-order valence-corrected chi connectivity index (χ3v) is 13.5. The van der Waals surface area contributed by atoms with Crippen LogP contribution in [0.5, 0.6) is 0 Å². The summed E-state index contributed by atoms with van der Waals surface area (Å²) in [5.41, 5.74) is 0.189. The number of aliphatic hydroxyl groups excluding tert-OH is 3. The lowest BCUT2D eigenvalue weighted by Gasteiger charge is -2.74. The summed E-state index contributed by atoms with van der Waals surface area (Å²) in [6.07, 6.45) is 6.99. The van der Waals surface area contributed by atoms with Gasteiger partial charge in [0.15, 0.2) is 0 Å². The van der Waals surface area contributed by atoms with E-state index in [0.717, 1.165) is 50.4 Å². The topological polar surface area (TPSA) is 77.8 Å². The second-order valence-corrected chi connectivity index (χ2v) is 14.8. The van der Waals surface area contributed by atoms with E-state index in [9.17, 15) is 20.1 Å². The van der Waals surface area contributed by atoms with Crippen molar-refractivity contribution in [3.05, 3.63) is 12.2 Å². The van der Waals surface area contributed by atoms with Gasteiger partial charge in [-0.1, -0.05) is 48.1 Å². The van der Waals surface area contributed by atoms with Crippen LogP contribution in [0, 0.1) is 56.7 Å². The average molecular weight is 473 g/mol. The van der Waals surface area contributed by atoms with Gasteiger partial charge in [-0.05, 0) is 102 Å². The molecule has 0 spiro atoms. The maximum Gasteiger partial charge on any atom is 0.145 e. The Hall–Kier alpha value is -0.710. The molecule has 0 aliphatic heterocycles. The predicted molar refractivity (Wildman–Crippen MR) is 134 cm³/mol. The summed E-state index contributed by atoms with van der Waals surface area (Å²) in [7, 11) is 0. The fraction of sp³-hybridized carbons (Fsp3) is 0.900. The van der Waals surface area contributed by atoms with Gasteiger partial charge in [0.05, 0.1) is 18.3 Å². The SMILES string of the molecule is C=C(C=O)C1CCC2(C)CCC3(C)C(CC(O)C4C5(C)C(O)CC(O)C(C)(C)C5CCC43C)C12. The van der Waals surface area contributed by atoms with Crippen LogP contribution in [0.2, 0.25) is 0 Å². The standard InChI is InChI=1S/C30H48O4/c1-17(16-31)18-8-10-27(4)12-13-28(5)19(24(18)27)14-20(32)25-29(28,6)11-9-21-26(2,3)22(33)15-23(34)30(21,25)7/h16,18-25,32-34H,1,8-15H2,2-7H3. The van der Waals surface area contributed by atoms with E-state index in [4.69, 9.17) is 0 Å². The van der Waals surface area contributed by atoms with Crippen LogP contribution in [-0.2, 0) is 4.79 Å². The highest BCUT2D eigenvalue weighted by Crippen LogP contribution is 2.77. The Bertz CT molecular complexity index is 881. The van der Waals surface area contributed by atoms with Gasteiger partial charge < -0.3 is 15.3 Å². The molecule has 0 aromatic heterocycles. The van der Waals surface area contributed by atoms with E-state index in [-0.39, 0.29) is 39.4 Å². The van der Waals surface area contributed by atoms with E-state index in [1.54, 1.807) is 0 Å². The van der Waals surface area contributed by atoms with E-state index in [1.165, 1.54) is 6.42 Å². The zero-order valence-corrected chi connectivity index (χ0v) is 22.3. The van der Waals surface area contributed by atoms with Gasteiger partial charge in [0.25, 0.3) is 0 Å². The largest absolute Gasteiger partial charge is 0.393 e. The molecule has 34 heavy (non-hydrogen) atoms. The fourth-order valence-electron chi connectivity index (χ4n) is 11.4. The van der Waals surface area contributed by atoms with Gasteiger partial charge in [-0.2, -0.15) is 0 Å². The lowest BCUT2D eigenvalue weighted by Crippen LogP contribution is -2.72. The Morgan fingerprint density at radius 1 is 0.853 bits per heavy atom. The molecule has 0 amide bonds. The lowest BCUT2D eigenvalue weighted by atomic mass is 9.31. The molecule has 5 aliphatic carbocycles. The number of carbonyl (C=O) groups is 1. The Morgan fingerprint density at radius 2 is 1.53 bits per heavy atom. The zero-order chi connectivity index (χ0) is 25.1. The van der Waals surface area contributed by atoms with E-state index in [1.807, 2.05) is 0 Å². The van der Waals surface area contributed by atoms with Crippen molar-refractivity contribution < 1.29 is 20.1 Å². The summed E-state index contributed by atoms with van der Waals surface area (Å²) in [5.74, 6) is 1.14. The van der Waals surface area contributed by atoms with E-state index in [2.05, 4.69) is 48.1 Å². The number of rotatable bonds is 2. The molecule has 0 bridgehead atoms. The molecule has 5 rings (SSSR count). The van der Waals surface area contributed by atoms with Crippen LogP contribution in [0.1, 0.15) is 92.9 Å². The third-order valence-electron chi connectivity index (χ3n) is 13.5. The Kier molecular flexibility index (Phi) is 5.44. The summed E-state index contributed by atoms with van der Waals surface area (Å²) < 4.78 is 0. The quantitative estimate of drug-likeness (QED) is 0.384. The third kappa shape index (κ3) is 2.80. The molecule has 0 aromatic carbocycles. The Morgan fingerprint density at radius 3 is 2.18 bits per heavy atom. The van der Waals surface area contributed by atoms with Crippen LogP contribution in [0.3, 0.4) is 0 Å². The number of hydrogen-bond donors (Lipinski definition) is 3. The highest BCUT2D eigenvalue weighted by molar-refractivity contribution is 5.73. The van der Waals surface area contributed by atoms with Crippen molar-refractivity contribution in [3.8, 4) is 0 Å². The minimum atomic E-state index is -0.608. The van der Waals surface area contributed by atoms with Crippen molar-refractivity contribution in [3.63, 3.8) is 0 Å². The number of fused-ring (bicyclic) bond motifs is 7. The normalized spacial score (nSPS) is 58.1.